The molecule has 0 saturated heterocycles. The summed E-state index contributed by atoms with van der Waals surface area (Å²) < 4.78 is 10.9. The van der Waals surface area contributed by atoms with Crippen molar-refractivity contribution in [3.05, 3.63) is 34.4 Å². The second-order valence-corrected chi connectivity index (χ2v) is 10.8. The van der Waals surface area contributed by atoms with Gasteiger partial charge in [-0.05, 0) is 25.0 Å². The first kappa shape index (κ1) is 35.2. The van der Waals surface area contributed by atoms with Crippen LogP contribution in [0.1, 0.15) is 174 Å². The second kappa shape index (κ2) is 24.0. The van der Waals surface area contributed by atoms with Crippen molar-refractivity contribution in [3.63, 3.8) is 0 Å². The molecule has 0 atom stereocenters. The molecule has 0 unspecified atom stereocenters. The summed E-state index contributed by atoms with van der Waals surface area (Å²) in [5, 5.41) is 18.8. The van der Waals surface area contributed by atoms with E-state index in [1.807, 2.05) is 12.1 Å². The zero-order valence-electron chi connectivity index (χ0n) is 25.2. The van der Waals surface area contributed by atoms with Crippen LogP contribution in [0.4, 0.5) is 0 Å². The fourth-order valence-corrected chi connectivity index (χ4v) is 4.79. The summed E-state index contributed by atoms with van der Waals surface area (Å²) in [7, 11) is 0. The van der Waals surface area contributed by atoms with Crippen molar-refractivity contribution < 1.29 is 19.1 Å². The van der Waals surface area contributed by atoms with E-state index in [0.717, 1.165) is 38.5 Å². The average molecular weight is 553 g/mol. The van der Waals surface area contributed by atoms with Gasteiger partial charge < -0.3 is 9.47 Å². The number of rotatable bonds is 24. The lowest BCUT2D eigenvalue weighted by Gasteiger charge is -2.11. The summed E-state index contributed by atoms with van der Waals surface area (Å²) in [6, 6.07) is 6.40. The highest BCUT2D eigenvalue weighted by Crippen LogP contribution is 2.20. The minimum atomic E-state index is -0.664. The maximum atomic E-state index is 12.8. The number of hydrogen-bond donors (Lipinski definition) is 0. The molecule has 0 saturated carbocycles. The molecule has 40 heavy (non-hydrogen) atoms. The first-order valence-corrected chi connectivity index (χ1v) is 15.9. The van der Waals surface area contributed by atoms with Gasteiger partial charge in [-0.25, -0.2) is 9.59 Å². The first-order valence-electron chi connectivity index (χ1n) is 15.9. The van der Waals surface area contributed by atoms with Crippen molar-refractivity contribution in [2.24, 2.45) is 0 Å². The monoisotopic (exact) mass is 552 g/mol. The van der Waals surface area contributed by atoms with Crippen molar-refractivity contribution in [1.29, 1.82) is 10.5 Å². The van der Waals surface area contributed by atoms with E-state index in [1.54, 1.807) is 0 Å². The zero-order valence-corrected chi connectivity index (χ0v) is 25.2. The van der Waals surface area contributed by atoms with Crippen molar-refractivity contribution in [2.75, 3.05) is 13.2 Å². The van der Waals surface area contributed by atoms with Gasteiger partial charge in [0.05, 0.1) is 35.5 Å². The number of hydrogen-bond acceptors (Lipinski definition) is 6. The summed E-state index contributed by atoms with van der Waals surface area (Å²) in [6.07, 6.45) is 23.6. The molecule has 0 aromatic heterocycles. The van der Waals surface area contributed by atoms with E-state index in [9.17, 15) is 20.1 Å². The van der Waals surface area contributed by atoms with E-state index in [4.69, 9.17) is 9.47 Å². The molecular formula is C34H52N2O4. The van der Waals surface area contributed by atoms with E-state index in [-0.39, 0.29) is 35.5 Å². The Hall–Kier alpha value is -2.86. The van der Waals surface area contributed by atoms with Gasteiger partial charge in [0.2, 0.25) is 0 Å². The molecule has 1 rings (SSSR count). The second-order valence-electron chi connectivity index (χ2n) is 10.8. The number of unbranched alkanes of at least 4 members (excludes halogenated alkanes) is 18. The summed E-state index contributed by atoms with van der Waals surface area (Å²) in [5.74, 6) is -1.33. The maximum Gasteiger partial charge on any atom is 0.339 e. The predicted molar refractivity (Wildman–Crippen MR) is 160 cm³/mol. The number of nitriles is 2. The molecule has 0 N–H and O–H groups in total. The van der Waals surface area contributed by atoms with Gasteiger partial charge in [0.15, 0.2) is 0 Å². The fraction of sp³-hybridized carbons (Fsp3) is 0.706. The molecule has 0 bridgehead atoms. The Morgan fingerprint density at radius 2 is 0.800 bits per heavy atom. The standard InChI is InChI=1S/C34H52N2O4/c1-3-5-7-9-11-13-15-17-19-21-23-39-33(37)31-25-29(27-35)30(28-36)26-32(31)34(38)40-24-22-20-18-16-14-12-10-8-6-4-2/h25-26H,3-24H2,1-2H3. The highest BCUT2D eigenvalue weighted by molar-refractivity contribution is 6.04. The summed E-state index contributed by atoms with van der Waals surface area (Å²) in [5.41, 5.74) is 0.0469. The van der Waals surface area contributed by atoms with Gasteiger partial charge in [-0.15, -0.1) is 0 Å². The Morgan fingerprint density at radius 3 is 1.07 bits per heavy atom. The predicted octanol–water partition coefficient (Wildman–Crippen LogP) is 9.59. The van der Waals surface area contributed by atoms with Crippen LogP contribution in [0.2, 0.25) is 0 Å². The van der Waals surface area contributed by atoms with E-state index in [0.29, 0.717) is 0 Å². The van der Waals surface area contributed by atoms with Crippen LogP contribution < -0.4 is 0 Å². The molecule has 6 nitrogen and oxygen atoms in total. The molecule has 0 fully saturated rings. The lowest BCUT2D eigenvalue weighted by atomic mass is 9.99. The number of nitrogens with zero attached hydrogens (tertiary/aromatic N) is 2. The van der Waals surface area contributed by atoms with Crippen LogP contribution in [0.15, 0.2) is 12.1 Å². The third-order valence-electron chi connectivity index (χ3n) is 7.30. The highest BCUT2D eigenvalue weighted by Gasteiger charge is 2.23. The van der Waals surface area contributed by atoms with Gasteiger partial charge in [-0.2, -0.15) is 10.5 Å². The van der Waals surface area contributed by atoms with Crippen molar-refractivity contribution in [3.8, 4) is 12.1 Å². The zero-order chi connectivity index (χ0) is 29.3. The van der Waals surface area contributed by atoms with Gasteiger partial charge in [-0.1, -0.05) is 129 Å². The number of carbonyl (C=O) groups excluding carboxylic acids is 2. The minimum absolute atomic E-state index is 0.0179. The van der Waals surface area contributed by atoms with Crippen molar-refractivity contribution in [2.45, 2.75) is 142 Å². The molecule has 1 aromatic rings. The molecular weight excluding hydrogens is 500 g/mol. The lowest BCUT2D eigenvalue weighted by molar-refractivity contribution is 0.0450. The van der Waals surface area contributed by atoms with Gasteiger partial charge in [-0.3, -0.25) is 0 Å². The number of carbonyl (C=O) groups is 2. The summed E-state index contributed by atoms with van der Waals surface area (Å²) >= 11 is 0. The lowest BCUT2D eigenvalue weighted by Crippen LogP contribution is -2.16. The van der Waals surface area contributed by atoms with Gasteiger partial charge in [0, 0.05) is 0 Å². The fourth-order valence-electron chi connectivity index (χ4n) is 4.79. The Morgan fingerprint density at radius 1 is 0.525 bits per heavy atom. The molecule has 0 aliphatic rings. The molecule has 6 heteroatoms. The normalized spacial score (nSPS) is 10.6. The summed E-state index contributed by atoms with van der Waals surface area (Å²) in [4.78, 5) is 25.7. The molecule has 1 aromatic carbocycles. The Bertz CT molecular complexity index is 854. The number of esters is 2. The van der Waals surface area contributed by atoms with Gasteiger partial charge in [0.25, 0.3) is 0 Å². The molecule has 0 amide bonds. The Balaban J connectivity index is 2.46. The first-order chi connectivity index (χ1) is 19.6. The SMILES string of the molecule is CCCCCCCCCCCCOC(=O)c1cc(C#N)c(C#N)cc1C(=O)OCCCCCCCCCCCC. The third-order valence-corrected chi connectivity index (χ3v) is 7.30. The molecule has 0 spiro atoms. The van der Waals surface area contributed by atoms with Crippen LogP contribution in [-0.2, 0) is 9.47 Å². The quantitative estimate of drug-likeness (QED) is 0.0934. The Kier molecular flexibility index (Phi) is 21.1. The van der Waals surface area contributed by atoms with Crippen LogP contribution >= 0.6 is 0 Å². The summed E-state index contributed by atoms with van der Waals surface area (Å²) in [6.45, 7) is 4.96. The highest BCUT2D eigenvalue weighted by atomic mass is 16.5. The van der Waals surface area contributed by atoms with E-state index in [1.165, 1.54) is 102 Å². The largest absolute Gasteiger partial charge is 0.462 e. The molecule has 0 aliphatic carbocycles. The van der Waals surface area contributed by atoms with Crippen LogP contribution in [0.25, 0.3) is 0 Å². The van der Waals surface area contributed by atoms with Crippen LogP contribution in [0.5, 0.6) is 0 Å². The van der Waals surface area contributed by atoms with Gasteiger partial charge >= 0.3 is 11.9 Å². The van der Waals surface area contributed by atoms with Crippen molar-refractivity contribution in [1.82, 2.24) is 0 Å². The van der Waals surface area contributed by atoms with E-state index >= 15 is 0 Å². The van der Waals surface area contributed by atoms with Crippen LogP contribution in [0.3, 0.4) is 0 Å². The number of benzene rings is 1. The molecule has 222 valence electrons. The van der Waals surface area contributed by atoms with Gasteiger partial charge in [0.1, 0.15) is 12.1 Å². The van der Waals surface area contributed by atoms with E-state index in [2.05, 4.69) is 13.8 Å². The third kappa shape index (κ3) is 15.7. The number of ether oxygens (including phenoxy) is 2. The topological polar surface area (TPSA) is 100 Å². The maximum absolute atomic E-state index is 12.8. The van der Waals surface area contributed by atoms with E-state index < -0.39 is 11.9 Å². The smallest absolute Gasteiger partial charge is 0.339 e. The van der Waals surface area contributed by atoms with Crippen molar-refractivity contribution >= 4 is 11.9 Å². The Labute approximate surface area is 243 Å². The molecule has 0 heterocycles. The average Bonchev–Trinajstić information content (AvgIpc) is 2.97. The molecule has 0 radical (unpaired) electrons. The van der Waals surface area contributed by atoms with Crippen LogP contribution in [-0.4, -0.2) is 25.2 Å². The van der Waals surface area contributed by atoms with Crippen LogP contribution in [0, 0.1) is 22.7 Å². The molecule has 0 aliphatic heterocycles. The minimum Gasteiger partial charge on any atom is -0.462 e.